The Morgan fingerprint density at radius 3 is 2.44 bits per heavy atom. The Labute approximate surface area is 169 Å². The minimum Gasteiger partial charge on any atom is -0.379 e. The van der Waals surface area contributed by atoms with E-state index >= 15 is 0 Å². The first-order valence-electron chi connectivity index (χ1n) is 8.93. The van der Waals surface area contributed by atoms with Gasteiger partial charge >= 0.3 is 0 Å². The molecular formula is C19H33IN4O. The number of hydrogen-bond acceptors (Lipinski definition) is 3. The summed E-state index contributed by atoms with van der Waals surface area (Å²) in [6.45, 7) is 6.18. The molecule has 0 spiro atoms. The van der Waals surface area contributed by atoms with Gasteiger partial charge in [-0.25, -0.2) is 4.99 Å². The van der Waals surface area contributed by atoms with Gasteiger partial charge in [0, 0.05) is 46.5 Å². The van der Waals surface area contributed by atoms with Gasteiger partial charge in [-0.15, -0.1) is 24.0 Å². The fourth-order valence-corrected chi connectivity index (χ4v) is 2.38. The summed E-state index contributed by atoms with van der Waals surface area (Å²) >= 11 is 0. The fourth-order valence-electron chi connectivity index (χ4n) is 2.38. The van der Waals surface area contributed by atoms with Crippen LogP contribution in [0.25, 0.3) is 0 Å². The van der Waals surface area contributed by atoms with Crippen LogP contribution in [0.3, 0.4) is 0 Å². The van der Waals surface area contributed by atoms with Gasteiger partial charge in [-0.05, 0) is 43.4 Å². The van der Waals surface area contributed by atoms with Gasteiger partial charge in [0.15, 0.2) is 5.96 Å². The molecule has 1 aromatic rings. The molecule has 1 N–H and O–H groups in total. The molecule has 0 radical (unpaired) electrons. The third-order valence-electron chi connectivity index (χ3n) is 4.18. The maximum absolute atomic E-state index is 5.73. The lowest BCUT2D eigenvalue weighted by Gasteiger charge is -2.22. The number of ether oxygens (including phenoxy) is 1. The van der Waals surface area contributed by atoms with Gasteiger partial charge in [0.05, 0.1) is 13.2 Å². The second-order valence-corrected chi connectivity index (χ2v) is 6.67. The van der Waals surface area contributed by atoms with Crippen LogP contribution in [0.5, 0.6) is 0 Å². The van der Waals surface area contributed by atoms with Crippen LogP contribution in [0.15, 0.2) is 29.3 Å². The number of nitrogens with zero attached hydrogens (tertiary/aromatic N) is 3. The summed E-state index contributed by atoms with van der Waals surface area (Å²) < 4.78 is 5.73. The van der Waals surface area contributed by atoms with E-state index in [2.05, 4.69) is 67.4 Å². The summed E-state index contributed by atoms with van der Waals surface area (Å²) in [5, 5.41) is 3.36. The minimum absolute atomic E-state index is 0. The molecule has 5 nitrogen and oxygen atoms in total. The maximum Gasteiger partial charge on any atom is 0.194 e. The van der Waals surface area contributed by atoms with Crippen LogP contribution in [-0.2, 0) is 11.3 Å². The molecule has 142 valence electrons. The third-order valence-corrected chi connectivity index (χ3v) is 4.18. The van der Waals surface area contributed by atoms with Crippen molar-refractivity contribution in [2.45, 2.75) is 26.3 Å². The van der Waals surface area contributed by atoms with Crippen molar-refractivity contribution in [2.75, 3.05) is 52.3 Å². The van der Waals surface area contributed by atoms with Gasteiger partial charge in [-0.3, -0.25) is 0 Å². The monoisotopic (exact) mass is 460 g/mol. The zero-order chi connectivity index (χ0) is 17.4. The highest BCUT2D eigenvalue weighted by atomic mass is 127. The Kier molecular flexibility index (Phi) is 10.2. The molecule has 25 heavy (non-hydrogen) atoms. The van der Waals surface area contributed by atoms with E-state index in [0.717, 1.165) is 38.2 Å². The normalized spacial score (nSPS) is 14.0. The first-order chi connectivity index (χ1) is 11.6. The number of benzene rings is 1. The van der Waals surface area contributed by atoms with E-state index < -0.39 is 0 Å². The van der Waals surface area contributed by atoms with Gasteiger partial charge in [0.25, 0.3) is 0 Å². The number of aliphatic imine (C=N–C) groups is 1. The summed E-state index contributed by atoms with van der Waals surface area (Å²) in [5.74, 6) is 1.76. The number of guanidine groups is 1. The van der Waals surface area contributed by atoms with Gasteiger partial charge in [0.2, 0.25) is 0 Å². The highest BCUT2D eigenvalue weighted by molar-refractivity contribution is 14.0. The van der Waals surface area contributed by atoms with Crippen molar-refractivity contribution >= 4 is 35.6 Å². The minimum atomic E-state index is 0. The van der Waals surface area contributed by atoms with Gasteiger partial charge < -0.3 is 19.9 Å². The van der Waals surface area contributed by atoms with Crippen molar-refractivity contribution in [3.05, 3.63) is 29.8 Å². The Morgan fingerprint density at radius 1 is 1.20 bits per heavy atom. The van der Waals surface area contributed by atoms with E-state index in [9.17, 15) is 0 Å². The topological polar surface area (TPSA) is 40.1 Å². The second-order valence-electron chi connectivity index (χ2n) is 6.67. The molecule has 0 unspecified atom stereocenters. The molecule has 1 aliphatic rings. The highest BCUT2D eigenvalue weighted by Crippen LogP contribution is 2.28. The lowest BCUT2D eigenvalue weighted by atomic mass is 10.2. The molecule has 6 heteroatoms. The predicted octanol–water partition coefficient (Wildman–Crippen LogP) is 3.19. The van der Waals surface area contributed by atoms with Crippen molar-refractivity contribution < 1.29 is 4.74 Å². The number of anilines is 1. The van der Waals surface area contributed by atoms with E-state index in [1.165, 1.54) is 24.1 Å². The Hall–Kier alpha value is -1.02. The number of nitrogens with one attached hydrogen (secondary N) is 1. The smallest absolute Gasteiger partial charge is 0.194 e. The Balaban J connectivity index is 0.00000312. The number of likely N-dealkylation sites (N-methyl/N-ethyl adjacent to an activating group) is 1. The zero-order valence-electron chi connectivity index (χ0n) is 16.0. The molecule has 0 bridgehead atoms. The van der Waals surface area contributed by atoms with E-state index in [4.69, 9.17) is 9.73 Å². The van der Waals surface area contributed by atoms with Crippen molar-refractivity contribution in [3.8, 4) is 0 Å². The summed E-state index contributed by atoms with van der Waals surface area (Å²) in [7, 11) is 6.17. The molecule has 1 aliphatic carbocycles. The van der Waals surface area contributed by atoms with Crippen molar-refractivity contribution in [1.82, 2.24) is 10.2 Å². The lowest BCUT2D eigenvalue weighted by molar-refractivity contribution is 0.115. The van der Waals surface area contributed by atoms with Gasteiger partial charge in [-0.2, -0.15) is 0 Å². The van der Waals surface area contributed by atoms with Crippen LogP contribution in [-0.4, -0.2) is 58.3 Å². The molecule has 0 aromatic heterocycles. The SMILES string of the molecule is CCNC(=NCc1ccc(N(C)C)cc1)N(C)CCOCC1CC1.I. The molecule has 0 aliphatic heterocycles. The molecule has 0 heterocycles. The summed E-state index contributed by atoms with van der Waals surface area (Å²) in [6, 6.07) is 8.54. The van der Waals surface area contributed by atoms with Crippen LogP contribution in [0.4, 0.5) is 5.69 Å². The molecule has 0 saturated heterocycles. The zero-order valence-corrected chi connectivity index (χ0v) is 18.3. The second kappa shape index (κ2) is 11.6. The summed E-state index contributed by atoms with van der Waals surface area (Å²) in [5.41, 5.74) is 2.42. The molecule has 1 aromatic carbocycles. The van der Waals surface area contributed by atoms with Crippen LogP contribution in [0, 0.1) is 5.92 Å². The summed E-state index contributed by atoms with van der Waals surface area (Å²) in [4.78, 5) is 8.99. The number of halogens is 1. The molecular weight excluding hydrogens is 427 g/mol. The predicted molar refractivity (Wildman–Crippen MR) is 117 cm³/mol. The van der Waals surface area contributed by atoms with Gasteiger partial charge in [-0.1, -0.05) is 12.1 Å². The molecule has 1 saturated carbocycles. The highest BCUT2D eigenvalue weighted by Gasteiger charge is 2.21. The number of rotatable bonds is 9. The lowest BCUT2D eigenvalue weighted by Crippen LogP contribution is -2.40. The van der Waals surface area contributed by atoms with Crippen molar-refractivity contribution in [3.63, 3.8) is 0 Å². The Morgan fingerprint density at radius 2 is 1.88 bits per heavy atom. The van der Waals surface area contributed by atoms with Gasteiger partial charge in [0.1, 0.15) is 0 Å². The average molecular weight is 460 g/mol. The molecule has 2 rings (SSSR count). The van der Waals surface area contributed by atoms with Crippen molar-refractivity contribution in [1.29, 1.82) is 0 Å². The fraction of sp³-hybridized carbons (Fsp3) is 0.632. The van der Waals surface area contributed by atoms with Crippen LogP contribution >= 0.6 is 24.0 Å². The van der Waals surface area contributed by atoms with E-state index in [1.54, 1.807) is 0 Å². The molecule has 0 amide bonds. The average Bonchev–Trinajstić information content (AvgIpc) is 3.40. The standard InChI is InChI=1S/C19H32N4O.HI/c1-5-20-19(23(4)12-13-24-15-17-6-7-17)21-14-16-8-10-18(11-9-16)22(2)3;/h8-11,17H,5-7,12-15H2,1-4H3,(H,20,21);1H. The van der Waals surface area contributed by atoms with Crippen LogP contribution in [0.2, 0.25) is 0 Å². The van der Waals surface area contributed by atoms with Crippen molar-refractivity contribution in [2.24, 2.45) is 10.9 Å². The van der Waals surface area contributed by atoms with E-state index in [1.807, 2.05) is 0 Å². The third kappa shape index (κ3) is 8.27. The largest absolute Gasteiger partial charge is 0.379 e. The molecule has 0 atom stereocenters. The van der Waals surface area contributed by atoms with Crippen LogP contribution in [0.1, 0.15) is 25.3 Å². The first kappa shape index (κ1) is 22.0. The Bertz CT molecular complexity index is 515. The van der Waals surface area contributed by atoms with E-state index in [0.29, 0.717) is 6.54 Å². The first-order valence-corrected chi connectivity index (χ1v) is 8.93. The van der Waals surface area contributed by atoms with E-state index in [-0.39, 0.29) is 24.0 Å². The molecule has 1 fully saturated rings. The summed E-state index contributed by atoms with van der Waals surface area (Å²) in [6.07, 6.45) is 2.68. The quantitative estimate of drug-likeness (QED) is 0.266. The number of hydrogen-bond donors (Lipinski definition) is 1. The van der Waals surface area contributed by atoms with Crippen LogP contribution < -0.4 is 10.2 Å². The maximum atomic E-state index is 5.73.